The van der Waals surface area contributed by atoms with E-state index in [2.05, 4.69) is 26.2 Å². The van der Waals surface area contributed by atoms with E-state index in [0.29, 0.717) is 0 Å². The van der Waals surface area contributed by atoms with E-state index < -0.39 is 24.1 Å². The molecule has 2 aromatic heterocycles. The van der Waals surface area contributed by atoms with E-state index in [9.17, 15) is 18.3 Å². The number of imidazole rings is 1. The van der Waals surface area contributed by atoms with Gasteiger partial charge in [-0.1, -0.05) is 5.92 Å². The molecule has 2 N–H and O–H groups in total. The third-order valence-corrected chi connectivity index (χ3v) is 3.46. The van der Waals surface area contributed by atoms with E-state index in [0.717, 1.165) is 0 Å². The molecule has 10 heteroatoms. The molecule has 1 unspecified atom stereocenters. The lowest BCUT2D eigenvalue weighted by Crippen LogP contribution is -2.22. The van der Waals surface area contributed by atoms with Gasteiger partial charge in [0, 0.05) is 20.6 Å². The largest absolute Gasteiger partial charge is 0.451 e. The van der Waals surface area contributed by atoms with E-state index in [1.165, 1.54) is 25.1 Å². The van der Waals surface area contributed by atoms with Crippen LogP contribution in [0, 0.1) is 12.3 Å². The number of hydrogen-bond donors (Lipinski definition) is 2. The SMILES string of the molecule is C#C[C@@H](CC(CO)OC)n1cnc2c(NC)nc(C(F)(F)F)nc21. The molecule has 0 amide bonds. The van der Waals surface area contributed by atoms with Crippen LogP contribution in [0.1, 0.15) is 18.3 Å². The summed E-state index contributed by atoms with van der Waals surface area (Å²) in [6.07, 6.45) is 1.71. The van der Waals surface area contributed by atoms with Crippen LogP contribution >= 0.6 is 0 Å². The number of terminal acetylenes is 1. The fourth-order valence-electron chi connectivity index (χ4n) is 2.20. The number of rotatable bonds is 6. The number of aliphatic hydroxyl groups is 1. The van der Waals surface area contributed by atoms with Crippen LogP contribution in [-0.2, 0) is 10.9 Å². The first-order valence-electron chi connectivity index (χ1n) is 6.95. The lowest BCUT2D eigenvalue weighted by atomic mass is 10.1. The van der Waals surface area contributed by atoms with Crippen LogP contribution in [0.15, 0.2) is 6.33 Å². The van der Waals surface area contributed by atoms with Crippen molar-refractivity contribution in [2.75, 3.05) is 26.1 Å². The third kappa shape index (κ3) is 3.42. The van der Waals surface area contributed by atoms with Gasteiger partial charge in [0.15, 0.2) is 11.5 Å². The fraction of sp³-hybridized carbons (Fsp3) is 0.500. The van der Waals surface area contributed by atoms with Gasteiger partial charge in [-0.05, 0) is 0 Å². The second-order valence-electron chi connectivity index (χ2n) is 4.93. The molecule has 24 heavy (non-hydrogen) atoms. The minimum atomic E-state index is -4.71. The van der Waals surface area contributed by atoms with Crippen molar-refractivity contribution in [1.82, 2.24) is 19.5 Å². The summed E-state index contributed by atoms with van der Waals surface area (Å²) in [5.74, 6) is 1.12. The number of alkyl halides is 3. The molecule has 0 aliphatic heterocycles. The number of hydrogen-bond acceptors (Lipinski definition) is 6. The second kappa shape index (κ2) is 7.02. The molecule has 0 aromatic carbocycles. The summed E-state index contributed by atoms with van der Waals surface area (Å²) in [6, 6.07) is -0.687. The monoisotopic (exact) mass is 343 g/mol. The van der Waals surface area contributed by atoms with Crippen LogP contribution in [0.3, 0.4) is 0 Å². The zero-order valence-corrected chi connectivity index (χ0v) is 13.0. The van der Waals surface area contributed by atoms with Gasteiger partial charge in [-0.15, -0.1) is 6.42 Å². The van der Waals surface area contributed by atoms with Gasteiger partial charge in [0.25, 0.3) is 0 Å². The number of anilines is 1. The molecule has 0 saturated carbocycles. The van der Waals surface area contributed by atoms with Crippen LogP contribution in [0.25, 0.3) is 11.2 Å². The van der Waals surface area contributed by atoms with Gasteiger partial charge in [-0.2, -0.15) is 13.2 Å². The van der Waals surface area contributed by atoms with Crippen molar-refractivity contribution in [3.63, 3.8) is 0 Å². The Balaban J connectivity index is 2.56. The Labute approximate surface area is 135 Å². The predicted molar refractivity (Wildman–Crippen MR) is 80.2 cm³/mol. The number of nitrogens with zero attached hydrogens (tertiary/aromatic N) is 4. The van der Waals surface area contributed by atoms with Gasteiger partial charge in [0.05, 0.1) is 25.1 Å². The van der Waals surface area contributed by atoms with Crippen molar-refractivity contribution in [3.05, 3.63) is 12.2 Å². The number of ether oxygens (including phenoxy) is 1. The quantitative estimate of drug-likeness (QED) is 0.773. The molecule has 2 aromatic rings. The number of aromatic nitrogens is 4. The Hall–Kier alpha value is -2.38. The minimum Gasteiger partial charge on any atom is -0.394 e. The highest BCUT2D eigenvalue weighted by atomic mass is 19.4. The highest BCUT2D eigenvalue weighted by Gasteiger charge is 2.36. The van der Waals surface area contributed by atoms with Crippen molar-refractivity contribution in [2.45, 2.75) is 24.7 Å². The molecule has 0 aliphatic carbocycles. The smallest absolute Gasteiger partial charge is 0.394 e. The van der Waals surface area contributed by atoms with Crippen molar-refractivity contribution in [2.24, 2.45) is 0 Å². The van der Waals surface area contributed by atoms with Crippen molar-refractivity contribution in [3.8, 4) is 12.3 Å². The van der Waals surface area contributed by atoms with Gasteiger partial charge >= 0.3 is 6.18 Å². The zero-order chi connectivity index (χ0) is 17.9. The predicted octanol–water partition coefficient (Wildman–Crippen LogP) is 1.46. The standard InChI is InChI=1S/C14H16F3N5O2/c1-4-8(5-9(6-23)24-3)22-7-19-10-11(18-2)20-13(14(15,16)17)21-12(10)22/h1,7-9,23H,5-6H2,2-3H3,(H,18,20,21)/t8-,9?/m0/s1. The van der Waals surface area contributed by atoms with E-state index in [1.807, 2.05) is 0 Å². The van der Waals surface area contributed by atoms with Crippen LogP contribution < -0.4 is 5.32 Å². The Morgan fingerprint density at radius 3 is 2.67 bits per heavy atom. The summed E-state index contributed by atoms with van der Waals surface area (Å²) in [4.78, 5) is 11.1. The number of aliphatic hydroxyl groups excluding tert-OH is 1. The maximum Gasteiger partial charge on any atom is 0.451 e. The fourth-order valence-corrected chi connectivity index (χ4v) is 2.20. The molecule has 2 atom stereocenters. The van der Waals surface area contributed by atoms with Crippen molar-refractivity contribution >= 4 is 17.0 Å². The normalized spacial score (nSPS) is 14.4. The number of methoxy groups -OCH3 is 1. The number of halogens is 3. The van der Waals surface area contributed by atoms with Crippen molar-refractivity contribution < 1.29 is 23.0 Å². The van der Waals surface area contributed by atoms with Crippen molar-refractivity contribution in [1.29, 1.82) is 0 Å². The lowest BCUT2D eigenvalue weighted by molar-refractivity contribution is -0.144. The van der Waals surface area contributed by atoms with Crippen LogP contribution in [0.5, 0.6) is 0 Å². The van der Waals surface area contributed by atoms with E-state index >= 15 is 0 Å². The Bertz CT molecular complexity index is 749. The average molecular weight is 343 g/mol. The molecular weight excluding hydrogens is 327 g/mol. The first-order chi connectivity index (χ1) is 11.3. The summed E-state index contributed by atoms with van der Waals surface area (Å²) in [7, 11) is 2.84. The molecule has 2 heterocycles. The summed E-state index contributed by atoms with van der Waals surface area (Å²) in [6.45, 7) is -0.272. The molecule has 0 saturated heterocycles. The van der Waals surface area contributed by atoms with Gasteiger partial charge in [0.2, 0.25) is 5.82 Å². The summed E-state index contributed by atoms with van der Waals surface area (Å²) >= 11 is 0. The van der Waals surface area contributed by atoms with E-state index in [-0.39, 0.29) is 30.0 Å². The Morgan fingerprint density at radius 1 is 1.46 bits per heavy atom. The topological polar surface area (TPSA) is 85.1 Å². The summed E-state index contributed by atoms with van der Waals surface area (Å²) in [5.41, 5.74) is 0.126. The highest BCUT2D eigenvalue weighted by Crippen LogP contribution is 2.31. The molecule has 0 aliphatic rings. The number of fused-ring (bicyclic) bond motifs is 1. The first-order valence-corrected chi connectivity index (χ1v) is 6.95. The van der Waals surface area contributed by atoms with E-state index in [4.69, 9.17) is 11.2 Å². The minimum absolute atomic E-state index is 0.0441. The maximum atomic E-state index is 13.0. The van der Waals surface area contributed by atoms with Crippen LogP contribution in [0.4, 0.5) is 19.0 Å². The molecule has 7 nitrogen and oxygen atoms in total. The molecule has 130 valence electrons. The van der Waals surface area contributed by atoms with E-state index in [1.54, 1.807) is 0 Å². The first kappa shape index (κ1) is 18.0. The maximum absolute atomic E-state index is 13.0. The molecule has 0 fully saturated rings. The summed E-state index contributed by atoms with van der Waals surface area (Å²) < 4.78 is 45.4. The van der Waals surface area contributed by atoms with Crippen LogP contribution in [0.2, 0.25) is 0 Å². The third-order valence-electron chi connectivity index (χ3n) is 3.46. The van der Waals surface area contributed by atoms with Gasteiger partial charge in [-0.25, -0.2) is 15.0 Å². The lowest BCUT2D eigenvalue weighted by Gasteiger charge is -2.19. The van der Waals surface area contributed by atoms with Gasteiger partial charge in [0.1, 0.15) is 5.52 Å². The molecular formula is C14H16F3N5O2. The molecule has 2 rings (SSSR count). The zero-order valence-electron chi connectivity index (χ0n) is 13.0. The van der Waals surface area contributed by atoms with Gasteiger partial charge < -0.3 is 19.7 Å². The molecule has 0 spiro atoms. The summed E-state index contributed by atoms with van der Waals surface area (Å²) in [5, 5.41) is 11.8. The molecule has 0 bridgehead atoms. The highest BCUT2D eigenvalue weighted by molar-refractivity contribution is 5.83. The Kier molecular flexibility index (Phi) is 5.26. The van der Waals surface area contributed by atoms with Gasteiger partial charge in [-0.3, -0.25) is 0 Å². The second-order valence-corrected chi connectivity index (χ2v) is 4.93. The van der Waals surface area contributed by atoms with Crippen LogP contribution in [-0.4, -0.2) is 51.5 Å². The number of nitrogens with one attached hydrogen (secondary N) is 1. The molecule has 0 radical (unpaired) electrons. The Morgan fingerprint density at radius 2 is 2.17 bits per heavy atom. The average Bonchev–Trinajstić information content (AvgIpc) is 2.98.